The highest BCUT2D eigenvalue weighted by Crippen LogP contribution is 2.42. The predicted octanol–water partition coefficient (Wildman–Crippen LogP) is 4.91. The molecule has 1 heteroatoms. The van der Waals surface area contributed by atoms with E-state index in [1.54, 1.807) is 0 Å². The average Bonchev–Trinajstić information content (AvgIpc) is 2.29. The predicted molar refractivity (Wildman–Crippen MR) is 79.4 cm³/mol. The van der Waals surface area contributed by atoms with Gasteiger partial charge in [0.2, 0.25) is 0 Å². The van der Waals surface area contributed by atoms with Crippen LogP contribution in [-0.4, -0.2) is 0 Å². The summed E-state index contributed by atoms with van der Waals surface area (Å²) in [5.41, 5.74) is 5.46. The van der Waals surface area contributed by atoms with Crippen LogP contribution in [-0.2, 0) is 0 Å². The smallest absolute Gasteiger partial charge is 0.00131 e. The number of hydrogen-bond donors (Lipinski definition) is 0. The fraction of sp³-hybridized carbons (Fsp3) is 0.0667. The molecule has 0 atom stereocenters. The molecule has 16 heavy (non-hydrogen) atoms. The van der Waals surface area contributed by atoms with Crippen molar-refractivity contribution in [3.8, 4) is 0 Å². The lowest BCUT2D eigenvalue weighted by Gasteiger charge is -2.26. The van der Waals surface area contributed by atoms with Crippen LogP contribution in [0.4, 0.5) is 0 Å². The quantitative estimate of drug-likeness (QED) is 0.695. The van der Waals surface area contributed by atoms with E-state index in [1.165, 1.54) is 22.3 Å². The van der Waals surface area contributed by atoms with Crippen LogP contribution >= 0.6 is 22.6 Å². The van der Waals surface area contributed by atoms with E-state index in [0.29, 0.717) is 0 Å². The van der Waals surface area contributed by atoms with E-state index >= 15 is 0 Å². The van der Waals surface area contributed by atoms with Crippen molar-refractivity contribution < 1.29 is 0 Å². The Labute approximate surface area is 110 Å². The largest absolute Gasteiger partial charge is 0.0991 e. The SMILES string of the molecule is C=C/C=C1\CC(/C=C/I)=C1c1ccccc1. The van der Waals surface area contributed by atoms with Gasteiger partial charge in [0.25, 0.3) is 0 Å². The third-order valence-electron chi connectivity index (χ3n) is 2.67. The molecule has 0 aliphatic heterocycles. The number of hydrogen-bond acceptors (Lipinski definition) is 0. The summed E-state index contributed by atoms with van der Waals surface area (Å²) in [6.07, 6.45) is 7.20. The zero-order valence-electron chi connectivity index (χ0n) is 8.99. The number of benzene rings is 1. The molecule has 1 aliphatic rings. The fourth-order valence-corrected chi connectivity index (χ4v) is 2.39. The van der Waals surface area contributed by atoms with E-state index in [1.807, 2.05) is 12.1 Å². The van der Waals surface area contributed by atoms with E-state index in [-0.39, 0.29) is 0 Å². The molecule has 0 bridgehead atoms. The van der Waals surface area contributed by atoms with Crippen LogP contribution in [0.15, 0.2) is 70.4 Å². The highest BCUT2D eigenvalue weighted by molar-refractivity contribution is 14.1. The molecule has 0 radical (unpaired) electrons. The molecule has 0 fully saturated rings. The van der Waals surface area contributed by atoms with Crippen molar-refractivity contribution >= 4 is 28.2 Å². The third-order valence-corrected chi connectivity index (χ3v) is 3.03. The van der Waals surface area contributed by atoms with E-state index < -0.39 is 0 Å². The molecule has 0 aromatic heterocycles. The van der Waals surface area contributed by atoms with Crippen LogP contribution in [0, 0.1) is 0 Å². The Kier molecular flexibility index (Phi) is 3.78. The minimum atomic E-state index is 1.05. The average molecular weight is 320 g/mol. The second-order valence-corrected chi connectivity index (χ2v) is 4.38. The molecule has 0 N–H and O–H groups in total. The molecule has 80 valence electrons. The molecule has 0 nitrogen and oxygen atoms in total. The Balaban J connectivity index is 2.45. The summed E-state index contributed by atoms with van der Waals surface area (Å²) in [6, 6.07) is 10.5. The Morgan fingerprint density at radius 2 is 1.94 bits per heavy atom. The Morgan fingerprint density at radius 3 is 2.56 bits per heavy atom. The van der Waals surface area contributed by atoms with Crippen molar-refractivity contribution in [3.63, 3.8) is 0 Å². The first-order valence-corrected chi connectivity index (χ1v) is 6.48. The van der Waals surface area contributed by atoms with Crippen molar-refractivity contribution in [2.45, 2.75) is 6.42 Å². The Hall–Kier alpha value is -1.09. The molecule has 1 aliphatic carbocycles. The first kappa shape index (κ1) is 11.4. The summed E-state index contributed by atoms with van der Waals surface area (Å²) in [6.45, 7) is 3.76. The van der Waals surface area contributed by atoms with Gasteiger partial charge in [-0.3, -0.25) is 0 Å². The van der Waals surface area contributed by atoms with Crippen LogP contribution in [0.2, 0.25) is 0 Å². The molecule has 0 heterocycles. The maximum atomic E-state index is 3.76. The summed E-state index contributed by atoms with van der Waals surface area (Å²) < 4.78 is 2.07. The second-order valence-electron chi connectivity index (χ2n) is 3.66. The van der Waals surface area contributed by atoms with Gasteiger partial charge in [-0.2, -0.15) is 0 Å². The Morgan fingerprint density at radius 1 is 1.19 bits per heavy atom. The summed E-state index contributed by atoms with van der Waals surface area (Å²) in [5.74, 6) is 0. The minimum Gasteiger partial charge on any atom is -0.0991 e. The van der Waals surface area contributed by atoms with E-state index in [9.17, 15) is 0 Å². The third kappa shape index (κ3) is 2.19. The minimum absolute atomic E-state index is 1.05. The maximum absolute atomic E-state index is 3.76. The van der Waals surface area contributed by atoms with Gasteiger partial charge in [0.05, 0.1) is 0 Å². The maximum Gasteiger partial charge on any atom is -0.00131 e. The van der Waals surface area contributed by atoms with Gasteiger partial charge in [0, 0.05) is 0 Å². The molecule has 0 unspecified atom stereocenters. The first-order chi connectivity index (χ1) is 7.86. The lowest BCUT2D eigenvalue weighted by atomic mass is 9.78. The molecule has 1 aromatic carbocycles. The molecule has 0 saturated heterocycles. The second kappa shape index (κ2) is 5.30. The zero-order valence-corrected chi connectivity index (χ0v) is 11.1. The summed E-state index contributed by atoms with van der Waals surface area (Å²) in [4.78, 5) is 0. The fourth-order valence-electron chi connectivity index (χ4n) is 1.96. The summed E-state index contributed by atoms with van der Waals surface area (Å²) >= 11 is 2.26. The van der Waals surface area contributed by atoms with Gasteiger partial charge in [0.15, 0.2) is 0 Å². The van der Waals surface area contributed by atoms with Gasteiger partial charge < -0.3 is 0 Å². The number of allylic oxidation sites excluding steroid dienone is 6. The van der Waals surface area contributed by atoms with Crippen LogP contribution in [0.3, 0.4) is 0 Å². The van der Waals surface area contributed by atoms with Crippen LogP contribution in [0.5, 0.6) is 0 Å². The summed E-state index contributed by atoms with van der Waals surface area (Å²) in [5, 5.41) is 0. The van der Waals surface area contributed by atoms with E-state index in [0.717, 1.165) is 6.42 Å². The number of halogens is 1. The monoisotopic (exact) mass is 320 g/mol. The van der Waals surface area contributed by atoms with Crippen LogP contribution in [0.1, 0.15) is 12.0 Å². The molecular formula is C15H13I. The molecule has 1 aromatic rings. The molecule has 0 spiro atoms. The van der Waals surface area contributed by atoms with Crippen LogP contribution in [0.25, 0.3) is 5.57 Å². The normalized spacial score (nSPS) is 17.9. The van der Waals surface area contributed by atoms with Crippen molar-refractivity contribution in [1.29, 1.82) is 0 Å². The Bertz CT molecular complexity index is 475. The van der Waals surface area contributed by atoms with Gasteiger partial charge in [0.1, 0.15) is 0 Å². The van der Waals surface area contributed by atoms with Gasteiger partial charge in [-0.05, 0) is 32.8 Å². The van der Waals surface area contributed by atoms with Crippen molar-refractivity contribution in [2.24, 2.45) is 0 Å². The van der Waals surface area contributed by atoms with Crippen molar-refractivity contribution in [2.75, 3.05) is 0 Å². The highest BCUT2D eigenvalue weighted by atomic mass is 127. The lowest BCUT2D eigenvalue weighted by molar-refractivity contribution is 1.13. The van der Waals surface area contributed by atoms with Crippen LogP contribution < -0.4 is 0 Å². The standard InChI is InChI=1S/C15H13I/c1-2-6-13-11-14(9-10-16)15(13)12-7-4-3-5-8-12/h2-10H,1,11H2/b10-9+,13-6+. The summed E-state index contributed by atoms with van der Waals surface area (Å²) in [7, 11) is 0. The van der Waals surface area contributed by atoms with E-state index in [2.05, 4.69) is 69.7 Å². The highest BCUT2D eigenvalue weighted by Gasteiger charge is 2.21. The van der Waals surface area contributed by atoms with Gasteiger partial charge in [-0.25, -0.2) is 0 Å². The lowest BCUT2D eigenvalue weighted by Crippen LogP contribution is -2.05. The molecule has 0 saturated carbocycles. The van der Waals surface area contributed by atoms with Crippen molar-refractivity contribution in [1.82, 2.24) is 0 Å². The molecular weight excluding hydrogens is 307 g/mol. The van der Waals surface area contributed by atoms with E-state index in [4.69, 9.17) is 0 Å². The van der Waals surface area contributed by atoms with Gasteiger partial charge >= 0.3 is 0 Å². The van der Waals surface area contributed by atoms with Crippen molar-refractivity contribution in [3.05, 3.63) is 75.9 Å². The molecule has 0 amide bonds. The molecule has 2 rings (SSSR count). The van der Waals surface area contributed by atoms with Gasteiger partial charge in [-0.15, -0.1) is 0 Å². The van der Waals surface area contributed by atoms with Gasteiger partial charge in [-0.1, -0.05) is 77.7 Å². The topological polar surface area (TPSA) is 0 Å². The zero-order chi connectivity index (χ0) is 11.4. The first-order valence-electron chi connectivity index (χ1n) is 5.24. The number of rotatable bonds is 3.